The van der Waals surface area contributed by atoms with Gasteiger partial charge in [0.15, 0.2) is 0 Å². The van der Waals surface area contributed by atoms with E-state index in [-0.39, 0.29) is 17.3 Å². The molecule has 2 saturated heterocycles. The monoisotopic (exact) mass is 494 g/mol. The van der Waals surface area contributed by atoms with Gasteiger partial charge < -0.3 is 15.4 Å². The zero-order chi connectivity index (χ0) is 22.6. The third kappa shape index (κ3) is 3.31. The van der Waals surface area contributed by atoms with Crippen molar-refractivity contribution in [2.75, 3.05) is 26.3 Å². The van der Waals surface area contributed by atoms with Crippen molar-refractivity contribution in [2.45, 2.75) is 22.7 Å². The molecular weight excluding hydrogens is 476 g/mol. The molecule has 3 aliphatic heterocycles. The number of fused-ring (bicyclic) bond motifs is 2. The van der Waals surface area contributed by atoms with Crippen molar-refractivity contribution >= 4 is 58.2 Å². The highest BCUT2D eigenvalue weighted by Crippen LogP contribution is 2.53. The Kier molecular flexibility index (Phi) is 5.43. The number of hydrogen-bond donors (Lipinski definition) is 1. The molecule has 2 aromatic heterocycles. The van der Waals surface area contributed by atoms with E-state index in [1.807, 2.05) is 17.5 Å². The molecule has 0 saturated carbocycles. The number of hydrogen-bond acceptors (Lipinski definition) is 9. The van der Waals surface area contributed by atoms with Crippen LogP contribution in [0, 0.1) is 5.92 Å². The Hall–Kier alpha value is -2.48. The molecule has 0 aliphatic carbocycles. The maximum atomic E-state index is 13.0. The second-order valence-corrected chi connectivity index (χ2v) is 10.6. The van der Waals surface area contributed by atoms with Gasteiger partial charge in [0, 0.05) is 28.8 Å². The van der Waals surface area contributed by atoms with Gasteiger partial charge in [-0.15, -0.1) is 11.3 Å². The minimum absolute atomic E-state index is 0.159. The summed E-state index contributed by atoms with van der Waals surface area (Å²) in [6.07, 6.45) is 0. The summed E-state index contributed by atoms with van der Waals surface area (Å²) in [5.41, 5.74) is 5.31. The van der Waals surface area contributed by atoms with Crippen LogP contribution < -0.4 is 10.6 Å². The molecule has 5 heterocycles. The summed E-state index contributed by atoms with van der Waals surface area (Å²) in [5, 5.41) is 1.45. The first kappa shape index (κ1) is 21.4. The van der Waals surface area contributed by atoms with E-state index in [2.05, 4.69) is 0 Å². The van der Waals surface area contributed by atoms with Gasteiger partial charge in [0.2, 0.25) is 11.8 Å². The van der Waals surface area contributed by atoms with E-state index in [0.29, 0.717) is 41.1 Å². The van der Waals surface area contributed by atoms with Crippen LogP contribution in [0.25, 0.3) is 0 Å². The van der Waals surface area contributed by atoms with Gasteiger partial charge in [0.05, 0.1) is 24.2 Å². The van der Waals surface area contributed by atoms with Crippen LogP contribution in [0.4, 0.5) is 4.79 Å². The summed E-state index contributed by atoms with van der Waals surface area (Å²) in [6, 6.07) is 2.55. The number of aromatic nitrogens is 1. The van der Waals surface area contributed by atoms with Crippen LogP contribution in [0.1, 0.15) is 15.7 Å². The van der Waals surface area contributed by atoms with Gasteiger partial charge in [-0.1, -0.05) is 29.2 Å². The standard InChI is InChI=1S/C19H18N4O6S3/c20-18(27)23-15(25)12-11(9-2-1-7-30-9)14-17(31-13(12)16(23)26)22(19(28)32-14)8-10(24)21-3-5-29-6-4-21/h1-2,7,11-13H,3-6,8H2,(H2,20,27). The van der Waals surface area contributed by atoms with Crippen molar-refractivity contribution < 1.29 is 23.9 Å². The maximum Gasteiger partial charge on any atom is 0.328 e. The first-order valence-corrected chi connectivity index (χ1v) is 12.4. The Morgan fingerprint density at radius 3 is 2.56 bits per heavy atom. The zero-order valence-corrected chi connectivity index (χ0v) is 19.0. The van der Waals surface area contributed by atoms with Crippen LogP contribution in [-0.4, -0.2) is 69.7 Å². The average Bonchev–Trinajstić information content (AvgIpc) is 3.46. The molecule has 2 N–H and O–H groups in total. The van der Waals surface area contributed by atoms with Crippen LogP contribution >= 0.6 is 34.4 Å². The molecular formula is C19H18N4O6S3. The molecule has 0 radical (unpaired) electrons. The van der Waals surface area contributed by atoms with Gasteiger partial charge in [-0.3, -0.25) is 23.7 Å². The molecule has 3 aliphatic rings. The smallest absolute Gasteiger partial charge is 0.328 e. The number of thiazole rings is 1. The number of likely N-dealkylation sites (tertiary alicyclic amines) is 1. The van der Waals surface area contributed by atoms with Crippen molar-refractivity contribution in [3.05, 3.63) is 36.9 Å². The maximum absolute atomic E-state index is 13.0. The number of nitrogens with two attached hydrogens (primary N) is 1. The van der Waals surface area contributed by atoms with Crippen molar-refractivity contribution in [2.24, 2.45) is 11.7 Å². The second kappa shape index (κ2) is 8.14. The molecule has 3 atom stereocenters. The number of thioether (sulfide) groups is 1. The fourth-order valence-electron chi connectivity index (χ4n) is 4.30. The summed E-state index contributed by atoms with van der Waals surface area (Å²) in [5.74, 6) is -2.95. The SMILES string of the molecule is NC(=O)N1C(=O)C2Sc3c(sc(=O)n3CC(=O)N3CCOCC3)C(c3cccs3)C2C1=O. The fourth-order valence-corrected chi connectivity index (χ4v) is 8.02. The molecule has 5 rings (SSSR count). The number of carbonyl (C=O) groups excluding carboxylic acids is 4. The zero-order valence-electron chi connectivity index (χ0n) is 16.6. The lowest BCUT2D eigenvalue weighted by atomic mass is 9.87. The Labute approximate surface area is 193 Å². The normalized spacial score (nSPS) is 25.1. The molecule has 0 spiro atoms. The van der Waals surface area contributed by atoms with E-state index in [0.717, 1.165) is 28.0 Å². The number of primary amides is 1. The number of thiophene rings is 1. The highest BCUT2D eigenvalue weighted by Gasteiger charge is 2.58. The molecule has 0 aromatic carbocycles. The fraction of sp³-hybridized carbons (Fsp3) is 0.421. The predicted molar refractivity (Wildman–Crippen MR) is 117 cm³/mol. The number of amides is 5. The van der Waals surface area contributed by atoms with E-state index < -0.39 is 34.9 Å². The molecule has 3 unspecified atom stereocenters. The summed E-state index contributed by atoms with van der Waals surface area (Å²) in [7, 11) is 0. The van der Waals surface area contributed by atoms with Gasteiger partial charge in [-0.05, 0) is 11.4 Å². The van der Waals surface area contributed by atoms with Crippen LogP contribution in [-0.2, 0) is 25.7 Å². The number of ether oxygens (including phenoxy) is 1. The molecule has 13 heteroatoms. The second-order valence-electron chi connectivity index (χ2n) is 7.52. The summed E-state index contributed by atoms with van der Waals surface area (Å²) < 4.78 is 6.66. The van der Waals surface area contributed by atoms with Crippen LogP contribution in [0.3, 0.4) is 0 Å². The third-order valence-electron chi connectivity index (χ3n) is 5.78. The van der Waals surface area contributed by atoms with Crippen molar-refractivity contribution in [1.82, 2.24) is 14.4 Å². The lowest BCUT2D eigenvalue weighted by Gasteiger charge is -2.30. The van der Waals surface area contributed by atoms with E-state index >= 15 is 0 Å². The Morgan fingerprint density at radius 2 is 1.91 bits per heavy atom. The van der Waals surface area contributed by atoms with Gasteiger partial charge in [-0.25, -0.2) is 4.79 Å². The van der Waals surface area contributed by atoms with E-state index in [1.165, 1.54) is 15.9 Å². The summed E-state index contributed by atoms with van der Waals surface area (Å²) >= 11 is 3.44. The van der Waals surface area contributed by atoms with E-state index in [4.69, 9.17) is 10.5 Å². The summed E-state index contributed by atoms with van der Waals surface area (Å²) in [6.45, 7) is 1.64. The van der Waals surface area contributed by atoms with Crippen molar-refractivity contribution in [3.8, 4) is 0 Å². The lowest BCUT2D eigenvalue weighted by molar-refractivity contribution is -0.137. The minimum Gasteiger partial charge on any atom is -0.378 e. The average molecular weight is 495 g/mol. The largest absolute Gasteiger partial charge is 0.378 e. The number of morpholine rings is 1. The van der Waals surface area contributed by atoms with Crippen molar-refractivity contribution in [1.29, 1.82) is 0 Å². The number of imide groups is 3. The van der Waals surface area contributed by atoms with E-state index in [1.54, 1.807) is 4.90 Å². The Bertz CT molecular complexity index is 1170. The van der Waals surface area contributed by atoms with Gasteiger partial charge in [-0.2, -0.15) is 4.90 Å². The highest BCUT2D eigenvalue weighted by molar-refractivity contribution is 8.00. The third-order valence-corrected chi connectivity index (χ3v) is 9.34. The first-order chi connectivity index (χ1) is 15.4. The highest BCUT2D eigenvalue weighted by atomic mass is 32.2. The quantitative estimate of drug-likeness (QED) is 0.615. The lowest BCUT2D eigenvalue weighted by Crippen LogP contribution is -2.43. The number of rotatable bonds is 3. The van der Waals surface area contributed by atoms with Crippen molar-refractivity contribution in [3.63, 3.8) is 0 Å². The number of nitrogens with zero attached hydrogens (tertiary/aromatic N) is 3. The molecule has 32 heavy (non-hydrogen) atoms. The Morgan fingerprint density at radius 1 is 1.16 bits per heavy atom. The minimum atomic E-state index is -1.11. The van der Waals surface area contributed by atoms with Crippen LogP contribution in [0.2, 0.25) is 0 Å². The topological polar surface area (TPSA) is 132 Å². The van der Waals surface area contributed by atoms with Gasteiger partial charge in [0.25, 0.3) is 5.91 Å². The van der Waals surface area contributed by atoms with Crippen LogP contribution in [0.5, 0.6) is 0 Å². The summed E-state index contributed by atoms with van der Waals surface area (Å²) in [4.78, 5) is 66.7. The first-order valence-electron chi connectivity index (χ1n) is 9.85. The number of urea groups is 1. The van der Waals surface area contributed by atoms with Gasteiger partial charge in [0.1, 0.15) is 11.8 Å². The Balaban J connectivity index is 1.57. The predicted octanol–water partition coefficient (Wildman–Crippen LogP) is 0.500. The van der Waals surface area contributed by atoms with Crippen LogP contribution in [0.15, 0.2) is 27.3 Å². The molecule has 0 bridgehead atoms. The molecule has 5 amide bonds. The molecule has 10 nitrogen and oxygen atoms in total. The number of carbonyl (C=O) groups is 4. The van der Waals surface area contributed by atoms with Gasteiger partial charge >= 0.3 is 10.9 Å². The molecule has 168 valence electrons. The molecule has 2 aromatic rings. The van der Waals surface area contributed by atoms with E-state index in [9.17, 15) is 24.0 Å². The molecule has 2 fully saturated rings.